The molecule has 2 N–H and O–H groups in total. The molecule has 0 aliphatic carbocycles. The van der Waals surface area contributed by atoms with Crippen molar-refractivity contribution in [2.45, 2.75) is 31.4 Å². The summed E-state index contributed by atoms with van der Waals surface area (Å²) in [6.45, 7) is 1.20. The third-order valence-electron chi connectivity index (χ3n) is 1.73. The van der Waals surface area contributed by atoms with Crippen LogP contribution in [-0.4, -0.2) is 41.3 Å². The van der Waals surface area contributed by atoms with E-state index in [0.29, 0.717) is 0 Å². The Morgan fingerprint density at radius 2 is 2.20 bits per heavy atom. The quantitative estimate of drug-likeness (QED) is 0.528. The molecule has 0 aromatic rings. The highest BCUT2D eigenvalue weighted by Gasteiger charge is 2.40. The molecule has 0 radical (unpaired) electrons. The van der Waals surface area contributed by atoms with E-state index in [2.05, 4.69) is 0 Å². The second-order valence-electron chi connectivity index (χ2n) is 2.50. The Hall–Kier alpha value is -0.190. The Balaban J connectivity index is 2.53. The minimum absolute atomic E-state index is 0.327. The van der Waals surface area contributed by atoms with Gasteiger partial charge in [-0.2, -0.15) is 0 Å². The summed E-state index contributed by atoms with van der Waals surface area (Å²) in [7, 11) is 0. The molecule has 60 valence electrons. The van der Waals surface area contributed by atoms with Crippen molar-refractivity contribution in [3.63, 3.8) is 0 Å². The van der Waals surface area contributed by atoms with E-state index < -0.39 is 24.5 Å². The fraction of sp³-hybridized carbons (Fsp3) is 1.00. The lowest BCUT2D eigenvalue weighted by Gasteiger charge is -2.09. The second kappa shape index (κ2) is 2.82. The van der Waals surface area contributed by atoms with E-state index in [1.165, 1.54) is 6.92 Å². The highest BCUT2D eigenvalue weighted by Crippen LogP contribution is 2.22. The van der Waals surface area contributed by atoms with Gasteiger partial charge in [0.1, 0.15) is 12.2 Å². The topological polar surface area (TPSA) is 49.7 Å². The van der Waals surface area contributed by atoms with Gasteiger partial charge in [0.05, 0.1) is 12.7 Å². The number of ether oxygens (including phenoxy) is 1. The van der Waals surface area contributed by atoms with Crippen molar-refractivity contribution in [2.75, 3.05) is 6.61 Å². The lowest BCUT2D eigenvalue weighted by atomic mass is 10.1. The first-order valence-corrected chi connectivity index (χ1v) is 3.25. The van der Waals surface area contributed by atoms with Gasteiger partial charge in [-0.1, -0.05) is 0 Å². The molecule has 4 atom stereocenters. The van der Waals surface area contributed by atoms with Crippen LogP contribution in [0.15, 0.2) is 0 Å². The van der Waals surface area contributed by atoms with Crippen LogP contribution in [0.4, 0.5) is 4.39 Å². The Labute approximate surface area is 58.4 Å². The summed E-state index contributed by atoms with van der Waals surface area (Å²) in [5.41, 5.74) is 0. The summed E-state index contributed by atoms with van der Waals surface area (Å²) < 4.78 is 17.5. The number of alkyl halides is 1. The van der Waals surface area contributed by atoms with Crippen molar-refractivity contribution in [2.24, 2.45) is 0 Å². The largest absolute Gasteiger partial charge is 0.394 e. The summed E-state index contributed by atoms with van der Waals surface area (Å²) >= 11 is 0. The van der Waals surface area contributed by atoms with Crippen molar-refractivity contribution in [1.29, 1.82) is 0 Å². The maximum Gasteiger partial charge on any atom is 0.154 e. The van der Waals surface area contributed by atoms with Crippen LogP contribution in [0.5, 0.6) is 0 Å². The lowest BCUT2D eigenvalue weighted by molar-refractivity contribution is -0.0171. The van der Waals surface area contributed by atoms with Gasteiger partial charge in [0, 0.05) is 0 Å². The fourth-order valence-electron chi connectivity index (χ4n) is 1.07. The standard InChI is InChI=1S/C6H11FO3/c1-3-5(7)6(9)4(2-8)10-3/h3-6,8-9H,2H2,1H3/t3-,4+,5-,6+/m0/s1. The molecule has 3 nitrogen and oxygen atoms in total. The van der Waals surface area contributed by atoms with Crippen LogP contribution in [0.2, 0.25) is 0 Å². The Morgan fingerprint density at radius 1 is 1.60 bits per heavy atom. The van der Waals surface area contributed by atoms with Gasteiger partial charge in [0.15, 0.2) is 6.17 Å². The summed E-state index contributed by atoms with van der Waals surface area (Å²) in [6.07, 6.45) is -3.88. The average Bonchev–Trinajstić information content (AvgIpc) is 2.17. The van der Waals surface area contributed by atoms with Crippen molar-refractivity contribution in [1.82, 2.24) is 0 Å². The molecule has 1 heterocycles. The third-order valence-corrected chi connectivity index (χ3v) is 1.73. The Morgan fingerprint density at radius 3 is 2.40 bits per heavy atom. The van der Waals surface area contributed by atoms with E-state index >= 15 is 0 Å². The average molecular weight is 150 g/mol. The van der Waals surface area contributed by atoms with E-state index in [1.54, 1.807) is 0 Å². The minimum atomic E-state index is -1.36. The summed E-state index contributed by atoms with van der Waals surface area (Å²) in [6, 6.07) is 0. The molecule has 0 unspecified atom stereocenters. The van der Waals surface area contributed by atoms with Crippen LogP contribution in [0.3, 0.4) is 0 Å². The zero-order valence-electron chi connectivity index (χ0n) is 5.70. The number of hydrogen-bond donors (Lipinski definition) is 2. The fourth-order valence-corrected chi connectivity index (χ4v) is 1.07. The normalized spacial score (nSPS) is 48.0. The molecule has 0 amide bonds. The molecule has 10 heavy (non-hydrogen) atoms. The number of rotatable bonds is 1. The first kappa shape index (κ1) is 7.91. The zero-order chi connectivity index (χ0) is 7.72. The molecule has 1 rings (SSSR count). The van der Waals surface area contributed by atoms with E-state index in [0.717, 1.165) is 0 Å². The zero-order valence-corrected chi connectivity index (χ0v) is 5.70. The van der Waals surface area contributed by atoms with Gasteiger partial charge < -0.3 is 14.9 Å². The molecule has 0 aromatic carbocycles. The van der Waals surface area contributed by atoms with Crippen LogP contribution in [-0.2, 0) is 4.74 Å². The van der Waals surface area contributed by atoms with Crippen molar-refractivity contribution < 1.29 is 19.3 Å². The molecule has 0 bridgehead atoms. The van der Waals surface area contributed by atoms with Gasteiger partial charge >= 0.3 is 0 Å². The molecule has 1 saturated heterocycles. The first-order chi connectivity index (χ1) is 4.66. The van der Waals surface area contributed by atoms with Crippen molar-refractivity contribution >= 4 is 0 Å². The maximum atomic E-state index is 12.7. The van der Waals surface area contributed by atoms with Crippen molar-refractivity contribution in [3.05, 3.63) is 0 Å². The highest BCUT2D eigenvalue weighted by atomic mass is 19.1. The molecule has 1 aliphatic rings. The Bertz CT molecular complexity index is 120. The molecule has 0 saturated carbocycles. The summed E-state index contributed by atoms with van der Waals surface area (Å²) in [4.78, 5) is 0. The summed E-state index contributed by atoms with van der Waals surface area (Å²) in [5.74, 6) is 0. The van der Waals surface area contributed by atoms with Gasteiger partial charge in [-0.25, -0.2) is 4.39 Å². The molecule has 1 fully saturated rings. The molecular formula is C6H11FO3. The van der Waals surface area contributed by atoms with Crippen LogP contribution >= 0.6 is 0 Å². The number of halogens is 1. The molecule has 1 aliphatic heterocycles. The molecule has 0 spiro atoms. The summed E-state index contributed by atoms with van der Waals surface area (Å²) in [5, 5.41) is 17.5. The van der Waals surface area contributed by atoms with Crippen molar-refractivity contribution in [3.8, 4) is 0 Å². The number of aliphatic hydroxyl groups excluding tert-OH is 2. The van der Waals surface area contributed by atoms with Gasteiger partial charge in [-0.3, -0.25) is 0 Å². The van der Waals surface area contributed by atoms with Crippen LogP contribution in [0.1, 0.15) is 6.92 Å². The lowest BCUT2D eigenvalue weighted by Crippen LogP contribution is -2.30. The van der Waals surface area contributed by atoms with E-state index in [-0.39, 0.29) is 6.61 Å². The monoisotopic (exact) mass is 150 g/mol. The predicted octanol–water partition coefficient (Wildman–Crippen LogP) is -0.535. The van der Waals surface area contributed by atoms with Crippen LogP contribution in [0.25, 0.3) is 0 Å². The first-order valence-electron chi connectivity index (χ1n) is 3.25. The SMILES string of the molecule is C[C@@H]1O[C@H](CO)[C@@H](O)[C@H]1F. The van der Waals surface area contributed by atoms with E-state index in [4.69, 9.17) is 14.9 Å². The number of aliphatic hydroxyl groups is 2. The highest BCUT2D eigenvalue weighted by molar-refractivity contribution is 4.88. The molecule has 4 heteroatoms. The maximum absolute atomic E-state index is 12.7. The minimum Gasteiger partial charge on any atom is -0.394 e. The Kier molecular flexibility index (Phi) is 2.23. The number of hydrogen-bond acceptors (Lipinski definition) is 3. The molecule has 0 aromatic heterocycles. The molecular weight excluding hydrogens is 139 g/mol. The van der Waals surface area contributed by atoms with Crippen LogP contribution < -0.4 is 0 Å². The van der Waals surface area contributed by atoms with Crippen LogP contribution in [0, 0.1) is 0 Å². The smallest absolute Gasteiger partial charge is 0.154 e. The second-order valence-corrected chi connectivity index (χ2v) is 2.50. The van der Waals surface area contributed by atoms with E-state index in [1.807, 2.05) is 0 Å². The van der Waals surface area contributed by atoms with Gasteiger partial charge in [-0.05, 0) is 6.92 Å². The van der Waals surface area contributed by atoms with E-state index in [9.17, 15) is 4.39 Å². The van der Waals surface area contributed by atoms with Gasteiger partial charge in [0.2, 0.25) is 0 Å². The van der Waals surface area contributed by atoms with Gasteiger partial charge in [-0.15, -0.1) is 0 Å². The van der Waals surface area contributed by atoms with Gasteiger partial charge in [0.25, 0.3) is 0 Å². The predicted molar refractivity (Wildman–Crippen MR) is 32.3 cm³/mol. The third kappa shape index (κ3) is 1.14.